The van der Waals surface area contributed by atoms with E-state index in [1.165, 1.54) is 11.1 Å². The van der Waals surface area contributed by atoms with Gasteiger partial charge in [-0.2, -0.15) is 0 Å². The van der Waals surface area contributed by atoms with Gasteiger partial charge >= 0.3 is 0 Å². The highest BCUT2D eigenvalue weighted by atomic mass is 16.5. The van der Waals surface area contributed by atoms with Crippen molar-refractivity contribution in [2.45, 2.75) is 45.5 Å². The summed E-state index contributed by atoms with van der Waals surface area (Å²) in [5.41, 5.74) is 4.64. The first-order valence-corrected chi connectivity index (χ1v) is 9.94. The molecule has 1 heterocycles. The Bertz CT molecular complexity index is 924. The highest BCUT2D eigenvalue weighted by molar-refractivity contribution is 5.49. The van der Waals surface area contributed by atoms with Crippen LogP contribution >= 0.6 is 0 Å². The van der Waals surface area contributed by atoms with Gasteiger partial charge in [-0.05, 0) is 43.0 Å². The first-order chi connectivity index (χ1) is 13.6. The van der Waals surface area contributed by atoms with Gasteiger partial charge in [-0.25, -0.2) is 0 Å². The van der Waals surface area contributed by atoms with Crippen molar-refractivity contribution in [2.24, 2.45) is 0 Å². The first kappa shape index (κ1) is 18.6. The van der Waals surface area contributed by atoms with E-state index >= 15 is 0 Å². The second-order valence-corrected chi connectivity index (χ2v) is 7.68. The molecule has 3 aromatic carbocycles. The van der Waals surface area contributed by atoms with Crippen molar-refractivity contribution in [1.29, 1.82) is 0 Å². The average Bonchev–Trinajstić information content (AvgIpc) is 2.70. The van der Waals surface area contributed by atoms with Crippen LogP contribution < -0.4 is 4.74 Å². The van der Waals surface area contributed by atoms with Gasteiger partial charge < -0.3 is 9.84 Å². The fourth-order valence-corrected chi connectivity index (χ4v) is 4.21. The number of hydrogen-bond donors (Lipinski definition) is 1. The normalized spacial score (nSPS) is 19.2. The third-order valence-corrected chi connectivity index (χ3v) is 5.67. The summed E-state index contributed by atoms with van der Waals surface area (Å²) in [5, 5.41) is 10.8. The maximum absolute atomic E-state index is 10.8. The Hall–Kier alpha value is -2.78. The molecule has 3 heteroatoms. The quantitative estimate of drug-likeness (QED) is 0.643. The van der Waals surface area contributed by atoms with E-state index in [1.54, 1.807) is 6.07 Å². The number of aromatic hydroxyl groups is 1. The molecule has 2 atom stereocenters. The summed E-state index contributed by atoms with van der Waals surface area (Å²) >= 11 is 0. The van der Waals surface area contributed by atoms with Gasteiger partial charge in [0.1, 0.15) is 18.1 Å². The lowest BCUT2D eigenvalue weighted by Gasteiger charge is -2.40. The van der Waals surface area contributed by atoms with Gasteiger partial charge in [0, 0.05) is 30.3 Å². The SMILES string of the molecule is C[C@@H]1Cc2cc(OCc3ccccc3)cc(O)c2[C@@H](C)N1Cc1ccccc1. The van der Waals surface area contributed by atoms with Crippen LogP contribution in [0.1, 0.15) is 42.1 Å². The summed E-state index contributed by atoms with van der Waals surface area (Å²) in [6.45, 7) is 5.83. The predicted molar refractivity (Wildman–Crippen MR) is 112 cm³/mol. The van der Waals surface area contributed by atoms with Crippen molar-refractivity contribution in [1.82, 2.24) is 4.90 Å². The van der Waals surface area contributed by atoms with E-state index in [2.05, 4.69) is 49.1 Å². The molecule has 3 nitrogen and oxygen atoms in total. The predicted octanol–water partition coefficient (Wildman–Crippen LogP) is 5.48. The molecule has 0 fully saturated rings. The standard InChI is InChI=1S/C25H27NO2/c1-18-13-22-14-23(28-17-21-11-7-4-8-12-21)15-24(27)25(22)19(2)26(18)16-20-9-5-3-6-10-20/h3-12,14-15,18-19,27H,13,16-17H2,1-2H3/t18-,19-/m1/s1. The van der Waals surface area contributed by atoms with Crippen LogP contribution in [0.3, 0.4) is 0 Å². The first-order valence-electron chi connectivity index (χ1n) is 9.94. The van der Waals surface area contributed by atoms with Crippen LogP contribution in [0, 0.1) is 0 Å². The van der Waals surface area contributed by atoms with Gasteiger partial charge in [0.15, 0.2) is 0 Å². The number of benzene rings is 3. The molecule has 0 saturated carbocycles. The van der Waals surface area contributed by atoms with E-state index in [-0.39, 0.29) is 6.04 Å². The van der Waals surface area contributed by atoms with Crippen LogP contribution in [-0.2, 0) is 19.6 Å². The molecule has 0 spiro atoms. The van der Waals surface area contributed by atoms with Gasteiger partial charge in [0.05, 0.1) is 0 Å². The third kappa shape index (κ3) is 3.90. The van der Waals surface area contributed by atoms with E-state index in [0.29, 0.717) is 18.4 Å². The largest absolute Gasteiger partial charge is 0.507 e. The Morgan fingerprint density at radius 1 is 0.929 bits per heavy atom. The van der Waals surface area contributed by atoms with E-state index in [9.17, 15) is 5.11 Å². The topological polar surface area (TPSA) is 32.7 Å². The van der Waals surface area contributed by atoms with Crippen LogP contribution in [0.15, 0.2) is 72.8 Å². The molecule has 28 heavy (non-hydrogen) atoms. The van der Waals surface area contributed by atoms with Crippen LogP contribution in [0.5, 0.6) is 11.5 Å². The maximum atomic E-state index is 10.8. The molecule has 0 saturated heterocycles. The summed E-state index contributed by atoms with van der Waals surface area (Å²) in [4.78, 5) is 2.46. The zero-order valence-electron chi connectivity index (χ0n) is 16.5. The molecular weight excluding hydrogens is 346 g/mol. The molecule has 0 aliphatic carbocycles. The van der Waals surface area contributed by atoms with Gasteiger partial charge in [0.25, 0.3) is 0 Å². The second kappa shape index (κ2) is 8.07. The van der Waals surface area contributed by atoms with Crippen molar-refractivity contribution in [3.63, 3.8) is 0 Å². The third-order valence-electron chi connectivity index (χ3n) is 5.67. The Morgan fingerprint density at radius 3 is 2.25 bits per heavy atom. The number of phenolic OH excluding ortho intramolecular Hbond substituents is 1. The molecule has 1 aliphatic rings. The van der Waals surface area contributed by atoms with Gasteiger partial charge in [-0.3, -0.25) is 4.90 Å². The number of fused-ring (bicyclic) bond motifs is 1. The minimum Gasteiger partial charge on any atom is -0.507 e. The molecule has 3 aromatic rings. The van der Waals surface area contributed by atoms with Crippen molar-refractivity contribution in [3.8, 4) is 11.5 Å². The monoisotopic (exact) mass is 373 g/mol. The smallest absolute Gasteiger partial charge is 0.124 e. The fraction of sp³-hybridized carbons (Fsp3) is 0.280. The summed E-state index contributed by atoms with van der Waals surface area (Å²) in [7, 11) is 0. The van der Waals surface area contributed by atoms with Gasteiger partial charge in [0.2, 0.25) is 0 Å². The Morgan fingerprint density at radius 2 is 1.57 bits per heavy atom. The van der Waals surface area contributed by atoms with Crippen molar-refractivity contribution in [2.75, 3.05) is 0 Å². The van der Waals surface area contributed by atoms with Crippen LogP contribution in [0.2, 0.25) is 0 Å². The highest BCUT2D eigenvalue weighted by Gasteiger charge is 2.31. The zero-order chi connectivity index (χ0) is 19.5. The van der Waals surface area contributed by atoms with E-state index in [4.69, 9.17) is 4.74 Å². The zero-order valence-corrected chi connectivity index (χ0v) is 16.5. The van der Waals surface area contributed by atoms with E-state index in [1.807, 2.05) is 36.4 Å². The number of ether oxygens (including phenoxy) is 1. The Kier molecular flexibility index (Phi) is 5.36. The van der Waals surface area contributed by atoms with Crippen molar-refractivity contribution < 1.29 is 9.84 Å². The molecule has 0 aromatic heterocycles. The second-order valence-electron chi connectivity index (χ2n) is 7.68. The number of phenols is 1. The van der Waals surface area contributed by atoms with Crippen LogP contribution in [-0.4, -0.2) is 16.0 Å². The summed E-state index contributed by atoms with van der Waals surface area (Å²) in [6, 6.07) is 25.0. The molecular formula is C25H27NO2. The molecule has 1 aliphatic heterocycles. The number of nitrogens with zero attached hydrogens (tertiary/aromatic N) is 1. The van der Waals surface area contributed by atoms with Gasteiger partial charge in [-0.1, -0.05) is 60.7 Å². The summed E-state index contributed by atoms with van der Waals surface area (Å²) < 4.78 is 5.96. The van der Waals surface area contributed by atoms with Gasteiger partial charge in [-0.15, -0.1) is 0 Å². The van der Waals surface area contributed by atoms with Crippen LogP contribution in [0.4, 0.5) is 0 Å². The van der Waals surface area contributed by atoms with E-state index < -0.39 is 0 Å². The Labute approximate surface area is 167 Å². The number of rotatable bonds is 5. The summed E-state index contributed by atoms with van der Waals surface area (Å²) in [6.07, 6.45) is 0.905. The maximum Gasteiger partial charge on any atom is 0.124 e. The molecule has 144 valence electrons. The summed E-state index contributed by atoms with van der Waals surface area (Å²) in [5.74, 6) is 1.06. The lowest BCUT2D eigenvalue weighted by molar-refractivity contribution is 0.126. The van der Waals surface area contributed by atoms with Crippen LogP contribution in [0.25, 0.3) is 0 Å². The molecule has 0 radical (unpaired) electrons. The number of hydrogen-bond acceptors (Lipinski definition) is 3. The van der Waals surface area contributed by atoms with Crippen molar-refractivity contribution in [3.05, 3.63) is 95.1 Å². The highest BCUT2D eigenvalue weighted by Crippen LogP contribution is 2.41. The molecule has 0 bridgehead atoms. The minimum absolute atomic E-state index is 0.155. The molecule has 4 rings (SSSR count). The van der Waals surface area contributed by atoms with Crippen molar-refractivity contribution >= 4 is 0 Å². The minimum atomic E-state index is 0.155. The fourth-order valence-electron chi connectivity index (χ4n) is 4.21. The molecule has 1 N–H and O–H groups in total. The molecule has 0 unspecified atom stereocenters. The lowest BCUT2D eigenvalue weighted by Crippen LogP contribution is -2.40. The lowest BCUT2D eigenvalue weighted by atomic mass is 9.88. The van der Waals surface area contributed by atoms with E-state index in [0.717, 1.165) is 29.8 Å². The Balaban J connectivity index is 1.54. The average molecular weight is 373 g/mol. The molecule has 0 amide bonds.